The standard InChI is InChI=1S/C10H21NO/c1-7(2)9-6-12-10(5-11-9)8(3)4/h7-11H,5-6H2,1-4H3. The van der Waals surface area contributed by atoms with Crippen LogP contribution < -0.4 is 5.32 Å². The molecular formula is C10H21NO. The van der Waals surface area contributed by atoms with Crippen molar-refractivity contribution in [3.05, 3.63) is 0 Å². The Bertz CT molecular complexity index is 110. The quantitative estimate of drug-likeness (QED) is 0.682. The maximum atomic E-state index is 5.75. The van der Waals surface area contributed by atoms with Gasteiger partial charge in [0.05, 0.1) is 12.7 Å². The predicted octanol–water partition coefficient (Wildman–Crippen LogP) is 1.66. The average molecular weight is 171 g/mol. The molecule has 0 amide bonds. The summed E-state index contributed by atoms with van der Waals surface area (Å²) in [4.78, 5) is 0. The van der Waals surface area contributed by atoms with Gasteiger partial charge in [-0.25, -0.2) is 0 Å². The summed E-state index contributed by atoms with van der Waals surface area (Å²) in [7, 11) is 0. The summed E-state index contributed by atoms with van der Waals surface area (Å²) in [6.45, 7) is 10.8. The molecule has 1 aliphatic rings. The lowest BCUT2D eigenvalue weighted by atomic mass is 10.0. The van der Waals surface area contributed by atoms with Crippen molar-refractivity contribution in [2.75, 3.05) is 13.2 Å². The molecule has 0 aliphatic carbocycles. The van der Waals surface area contributed by atoms with E-state index >= 15 is 0 Å². The molecule has 12 heavy (non-hydrogen) atoms. The van der Waals surface area contributed by atoms with Gasteiger partial charge >= 0.3 is 0 Å². The van der Waals surface area contributed by atoms with Gasteiger partial charge in [0, 0.05) is 12.6 Å². The molecule has 2 unspecified atom stereocenters. The lowest BCUT2D eigenvalue weighted by Crippen LogP contribution is -2.50. The highest BCUT2D eigenvalue weighted by Crippen LogP contribution is 2.13. The Balaban J connectivity index is 2.30. The third-order valence-corrected chi connectivity index (χ3v) is 2.62. The highest BCUT2D eigenvalue weighted by atomic mass is 16.5. The molecule has 1 N–H and O–H groups in total. The van der Waals surface area contributed by atoms with Crippen LogP contribution in [0, 0.1) is 11.8 Å². The molecule has 0 saturated carbocycles. The van der Waals surface area contributed by atoms with Crippen molar-refractivity contribution in [3.63, 3.8) is 0 Å². The Morgan fingerprint density at radius 1 is 1.17 bits per heavy atom. The molecule has 1 saturated heterocycles. The van der Waals surface area contributed by atoms with Gasteiger partial charge in [-0.2, -0.15) is 0 Å². The zero-order valence-corrected chi connectivity index (χ0v) is 8.63. The highest BCUT2D eigenvalue weighted by molar-refractivity contribution is 4.79. The number of hydrogen-bond donors (Lipinski definition) is 1. The van der Waals surface area contributed by atoms with Crippen LogP contribution in [-0.2, 0) is 4.74 Å². The topological polar surface area (TPSA) is 21.3 Å². The Labute approximate surface area is 75.7 Å². The monoisotopic (exact) mass is 171 g/mol. The van der Waals surface area contributed by atoms with Crippen LogP contribution in [0.3, 0.4) is 0 Å². The maximum absolute atomic E-state index is 5.75. The van der Waals surface area contributed by atoms with Gasteiger partial charge < -0.3 is 10.1 Å². The first-order valence-corrected chi connectivity index (χ1v) is 4.96. The summed E-state index contributed by atoms with van der Waals surface area (Å²) in [6.07, 6.45) is 0.417. The fourth-order valence-corrected chi connectivity index (χ4v) is 1.47. The average Bonchev–Trinajstić information content (AvgIpc) is 2.04. The predicted molar refractivity (Wildman–Crippen MR) is 51.2 cm³/mol. The second kappa shape index (κ2) is 4.24. The first kappa shape index (κ1) is 10.0. The summed E-state index contributed by atoms with van der Waals surface area (Å²) < 4.78 is 5.75. The number of nitrogens with one attached hydrogen (secondary N) is 1. The van der Waals surface area contributed by atoms with Gasteiger partial charge in [-0.1, -0.05) is 27.7 Å². The molecule has 2 nitrogen and oxygen atoms in total. The molecule has 0 aromatic rings. The second-order valence-electron chi connectivity index (χ2n) is 4.37. The Morgan fingerprint density at radius 3 is 2.17 bits per heavy atom. The van der Waals surface area contributed by atoms with Crippen LogP contribution in [0.2, 0.25) is 0 Å². The third-order valence-electron chi connectivity index (χ3n) is 2.62. The van der Waals surface area contributed by atoms with Gasteiger partial charge in [0.2, 0.25) is 0 Å². The van der Waals surface area contributed by atoms with Crippen LogP contribution in [0.1, 0.15) is 27.7 Å². The number of ether oxygens (including phenoxy) is 1. The lowest BCUT2D eigenvalue weighted by molar-refractivity contribution is -0.0292. The van der Waals surface area contributed by atoms with Gasteiger partial charge in [-0.3, -0.25) is 0 Å². The van der Waals surface area contributed by atoms with Crippen LogP contribution >= 0.6 is 0 Å². The molecular weight excluding hydrogens is 150 g/mol. The fraction of sp³-hybridized carbons (Fsp3) is 1.00. The van der Waals surface area contributed by atoms with E-state index in [0.717, 1.165) is 13.2 Å². The third kappa shape index (κ3) is 2.46. The van der Waals surface area contributed by atoms with Crippen molar-refractivity contribution in [2.45, 2.75) is 39.8 Å². The van der Waals surface area contributed by atoms with E-state index in [1.54, 1.807) is 0 Å². The van der Waals surface area contributed by atoms with Crippen molar-refractivity contribution in [2.24, 2.45) is 11.8 Å². The fourth-order valence-electron chi connectivity index (χ4n) is 1.47. The largest absolute Gasteiger partial charge is 0.375 e. The van der Waals surface area contributed by atoms with Gasteiger partial charge in [0.1, 0.15) is 0 Å². The number of rotatable bonds is 2. The molecule has 0 aromatic heterocycles. The van der Waals surface area contributed by atoms with E-state index < -0.39 is 0 Å². The van der Waals surface area contributed by atoms with Crippen molar-refractivity contribution >= 4 is 0 Å². The van der Waals surface area contributed by atoms with Crippen LogP contribution in [0.25, 0.3) is 0 Å². The minimum atomic E-state index is 0.417. The van der Waals surface area contributed by atoms with Crippen LogP contribution in [0.4, 0.5) is 0 Å². The summed E-state index contributed by atoms with van der Waals surface area (Å²) in [5.41, 5.74) is 0. The molecule has 0 bridgehead atoms. The molecule has 1 heterocycles. The Morgan fingerprint density at radius 2 is 1.83 bits per heavy atom. The minimum absolute atomic E-state index is 0.417. The van der Waals surface area contributed by atoms with Crippen molar-refractivity contribution in [1.29, 1.82) is 0 Å². The van der Waals surface area contributed by atoms with Crippen molar-refractivity contribution < 1.29 is 4.74 Å². The van der Waals surface area contributed by atoms with E-state index in [0.29, 0.717) is 24.0 Å². The zero-order valence-electron chi connectivity index (χ0n) is 8.63. The van der Waals surface area contributed by atoms with Gasteiger partial charge in [-0.15, -0.1) is 0 Å². The van der Waals surface area contributed by atoms with Gasteiger partial charge in [0.25, 0.3) is 0 Å². The molecule has 0 aromatic carbocycles. The smallest absolute Gasteiger partial charge is 0.0723 e. The first-order valence-electron chi connectivity index (χ1n) is 4.96. The van der Waals surface area contributed by atoms with E-state index in [1.165, 1.54) is 0 Å². The van der Waals surface area contributed by atoms with Crippen LogP contribution in [0.5, 0.6) is 0 Å². The van der Waals surface area contributed by atoms with E-state index in [-0.39, 0.29) is 0 Å². The highest BCUT2D eigenvalue weighted by Gasteiger charge is 2.24. The molecule has 72 valence electrons. The van der Waals surface area contributed by atoms with Crippen molar-refractivity contribution in [1.82, 2.24) is 5.32 Å². The lowest BCUT2D eigenvalue weighted by Gasteiger charge is -2.34. The second-order valence-corrected chi connectivity index (χ2v) is 4.37. The Kier molecular flexibility index (Phi) is 3.53. The molecule has 1 aliphatic heterocycles. The van der Waals surface area contributed by atoms with Crippen molar-refractivity contribution in [3.8, 4) is 0 Å². The van der Waals surface area contributed by atoms with Crippen LogP contribution in [0.15, 0.2) is 0 Å². The van der Waals surface area contributed by atoms with E-state index in [9.17, 15) is 0 Å². The van der Waals surface area contributed by atoms with Gasteiger partial charge in [0.15, 0.2) is 0 Å². The first-order chi connectivity index (χ1) is 5.61. The number of morpholine rings is 1. The van der Waals surface area contributed by atoms with E-state index in [4.69, 9.17) is 4.74 Å². The SMILES string of the molecule is CC(C)C1COC(C(C)C)CN1. The van der Waals surface area contributed by atoms with E-state index in [1.807, 2.05) is 0 Å². The van der Waals surface area contributed by atoms with Gasteiger partial charge in [-0.05, 0) is 11.8 Å². The summed E-state index contributed by atoms with van der Waals surface area (Å²) >= 11 is 0. The van der Waals surface area contributed by atoms with E-state index in [2.05, 4.69) is 33.0 Å². The molecule has 1 rings (SSSR count). The maximum Gasteiger partial charge on any atom is 0.0723 e. The molecule has 0 radical (unpaired) electrons. The Hall–Kier alpha value is -0.0800. The summed E-state index contributed by atoms with van der Waals surface area (Å²) in [6, 6.07) is 0.556. The zero-order chi connectivity index (χ0) is 9.14. The van der Waals surface area contributed by atoms with Crippen LogP contribution in [-0.4, -0.2) is 25.3 Å². The molecule has 1 fully saturated rings. The summed E-state index contributed by atoms with van der Waals surface area (Å²) in [5.74, 6) is 1.31. The normalized spacial score (nSPS) is 31.5. The molecule has 2 heteroatoms. The number of hydrogen-bond acceptors (Lipinski definition) is 2. The molecule has 2 atom stereocenters. The summed E-state index contributed by atoms with van der Waals surface area (Å²) in [5, 5.41) is 3.52. The molecule has 0 spiro atoms. The minimum Gasteiger partial charge on any atom is -0.375 e.